The topological polar surface area (TPSA) is 115 Å². The Hall–Kier alpha value is -4.14. The molecule has 1 amide bonds. The Labute approximate surface area is 190 Å². The number of hydrogen-bond donors (Lipinski definition) is 1. The predicted molar refractivity (Wildman–Crippen MR) is 124 cm³/mol. The van der Waals surface area contributed by atoms with E-state index in [0.29, 0.717) is 31.9 Å². The standard InChI is InChI=1S/C24H23N5O4/c25-23-22(29(31)32)13-16(14-26-23)27-9-11-28(12-10-27)24(30)33-15-21-19-7-3-1-5-17(19)18-6-2-4-8-20(18)21/h1-8,13-14,21H,9-12,15H2,(H2,25,26). The number of fused-ring (bicyclic) bond motifs is 3. The number of ether oxygens (including phenoxy) is 1. The van der Waals surface area contributed by atoms with E-state index in [1.165, 1.54) is 34.5 Å². The molecular formula is C24H23N5O4. The minimum absolute atomic E-state index is 0.0176. The lowest BCUT2D eigenvalue weighted by atomic mass is 9.98. The summed E-state index contributed by atoms with van der Waals surface area (Å²) in [5.41, 5.74) is 10.7. The Bertz CT molecular complexity index is 1180. The van der Waals surface area contributed by atoms with E-state index in [1.807, 2.05) is 29.2 Å². The first-order valence-corrected chi connectivity index (χ1v) is 10.8. The molecule has 2 N–H and O–H groups in total. The molecule has 1 aliphatic carbocycles. The van der Waals surface area contributed by atoms with E-state index in [9.17, 15) is 14.9 Å². The Morgan fingerprint density at radius 2 is 1.67 bits per heavy atom. The van der Waals surface area contributed by atoms with Crippen LogP contribution in [0.4, 0.5) is 22.0 Å². The van der Waals surface area contributed by atoms with Crippen molar-refractivity contribution in [2.75, 3.05) is 43.4 Å². The maximum absolute atomic E-state index is 12.8. The molecule has 1 aliphatic heterocycles. The van der Waals surface area contributed by atoms with Crippen LogP contribution in [0.15, 0.2) is 60.8 Å². The van der Waals surface area contributed by atoms with E-state index in [0.717, 1.165) is 0 Å². The van der Waals surface area contributed by atoms with E-state index in [2.05, 4.69) is 29.2 Å². The van der Waals surface area contributed by atoms with Crippen molar-refractivity contribution in [2.24, 2.45) is 0 Å². The Balaban J connectivity index is 1.22. The van der Waals surface area contributed by atoms with Crippen molar-refractivity contribution >= 4 is 23.3 Å². The minimum atomic E-state index is -0.543. The molecule has 1 aromatic heterocycles. The third-order valence-electron chi connectivity index (χ3n) is 6.32. The van der Waals surface area contributed by atoms with E-state index in [1.54, 1.807) is 4.90 Å². The minimum Gasteiger partial charge on any atom is -0.448 e. The second-order valence-corrected chi connectivity index (χ2v) is 8.13. The molecule has 33 heavy (non-hydrogen) atoms. The summed E-state index contributed by atoms with van der Waals surface area (Å²) in [6.07, 6.45) is 1.17. The highest BCUT2D eigenvalue weighted by molar-refractivity contribution is 5.79. The number of pyridine rings is 1. The van der Waals surface area contributed by atoms with Crippen LogP contribution in [0.1, 0.15) is 17.0 Å². The smallest absolute Gasteiger partial charge is 0.409 e. The Morgan fingerprint density at radius 3 is 2.27 bits per heavy atom. The SMILES string of the molecule is Nc1ncc(N2CCN(C(=O)OCC3c4ccccc4-c4ccccc43)CC2)cc1[N+](=O)[O-]. The van der Waals surface area contributed by atoms with Crippen LogP contribution in [-0.2, 0) is 4.74 Å². The van der Waals surface area contributed by atoms with Crippen LogP contribution in [0.5, 0.6) is 0 Å². The molecule has 2 heterocycles. The number of aromatic nitrogens is 1. The first-order chi connectivity index (χ1) is 16.0. The average Bonchev–Trinajstić information content (AvgIpc) is 3.16. The third-order valence-corrected chi connectivity index (χ3v) is 6.32. The number of nitrogens with zero attached hydrogens (tertiary/aromatic N) is 4. The van der Waals surface area contributed by atoms with Crippen molar-refractivity contribution in [1.82, 2.24) is 9.88 Å². The molecule has 0 radical (unpaired) electrons. The van der Waals surface area contributed by atoms with Gasteiger partial charge < -0.3 is 20.3 Å². The van der Waals surface area contributed by atoms with Gasteiger partial charge in [-0.25, -0.2) is 9.78 Å². The van der Waals surface area contributed by atoms with Gasteiger partial charge in [-0.3, -0.25) is 10.1 Å². The molecule has 0 atom stereocenters. The molecule has 9 nitrogen and oxygen atoms in total. The molecule has 5 rings (SSSR count). The van der Waals surface area contributed by atoms with E-state index in [-0.39, 0.29) is 30.1 Å². The number of amides is 1. The number of nitro groups is 1. The summed E-state index contributed by atoms with van der Waals surface area (Å²) in [7, 11) is 0. The van der Waals surface area contributed by atoms with E-state index < -0.39 is 4.92 Å². The summed E-state index contributed by atoms with van der Waals surface area (Å²) in [5.74, 6) is -0.0925. The maximum atomic E-state index is 12.8. The van der Waals surface area contributed by atoms with Gasteiger partial charge in [-0.2, -0.15) is 0 Å². The van der Waals surface area contributed by atoms with Crippen LogP contribution in [-0.4, -0.2) is 53.7 Å². The van der Waals surface area contributed by atoms with Gasteiger partial charge in [-0.15, -0.1) is 0 Å². The highest BCUT2D eigenvalue weighted by Crippen LogP contribution is 2.44. The molecule has 0 bridgehead atoms. The predicted octanol–water partition coefficient (Wildman–Crippen LogP) is 3.64. The summed E-state index contributed by atoms with van der Waals surface area (Å²) in [6, 6.07) is 17.9. The van der Waals surface area contributed by atoms with Gasteiger partial charge in [0, 0.05) is 38.2 Å². The van der Waals surface area contributed by atoms with Crippen molar-refractivity contribution in [3.8, 4) is 11.1 Å². The number of rotatable bonds is 4. The Kier molecular flexibility index (Phi) is 5.29. The van der Waals surface area contributed by atoms with Gasteiger partial charge in [0.2, 0.25) is 5.82 Å². The monoisotopic (exact) mass is 445 g/mol. The highest BCUT2D eigenvalue weighted by atomic mass is 16.6. The quantitative estimate of drug-likeness (QED) is 0.481. The van der Waals surface area contributed by atoms with Crippen LogP contribution in [0.2, 0.25) is 0 Å². The van der Waals surface area contributed by atoms with Gasteiger partial charge in [-0.1, -0.05) is 48.5 Å². The molecule has 0 spiro atoms. The summed E-state index contributed by atoms with van der Waals surface area (Å²) < 4.78 is 5.74. The van der Waals surface area contributed by atoms with Crippen LogP contribution in [0.25, 0.3) is 11.1 Å². The average molecular weight is 445 g/mol. The normalized spacial score (nSPS) is 15.2. The molecule has 168 valence electrons. The summed E-state index contributed by atoms with van der Waals surface area (Å²) in [5, 5.41) is 11.1. The molecule has 9 heteroatoms. The number of piperazine rings is 1. The van der Waals surface area contributed by atoms with Crippen LogP contribution >= 0.6 is 0 Å². The van der Waals surface area contributed by atoms with Crippen LogP contribution in [0.3, 0.4) is 0 Å². The largest absolute Gasteiger partial charge is 0.448 e. The lowest BCUT2D eigenvalue weighted by Gasteiger charge is -2.35. The summed E-state index contributed by atoms with van der Waals surface area (Å²) >= 11 is 0. The first kappa shape index (κ1) is 20.7. The van der Waals surface area contributed by atoms with Gasteiger partial charge in [0.05, 0.1) is 16.8 Å². The number of nitrogens with two attached hydrogens (primary N) is 1. The van der Waals surface area contributed by atoms with E-state index >= 15 is 0 Å². The maximum Gasteiger partial charge on any atom is 0.409 e. The molecule has 1 saturated heterocycles. The van der Waals surface area contributed by atoms with E-state index in [4.69, 9.17) is 10.5 Å². The molecule has 3 aromatic rings. The molecule has 2 aromatic carbocycles. The lowest BCUT2D eigenvalue weighted by molar-refractivity contribution is -0.384. The zero-order valence-corrected chi connectivity index (χ0v) is 17.9. The number of benzene rings is 2. The van der Waals surface area contributed by atoms with Crippen molar-refractivity contribution in [3.05, 3.63) is 82.0 Å². The fraction of sp³-hybridized carbons (Fsp3) is 0.250. The highest BCUT2D eigenvalue weighted by Gasteiger charge is 2.30. The van der Waals surface area contributed by atoms with Gasteiger partial charge >= 0.3 is 11.8 Å². The lowest BCUT2D eigenvalue weighted by Crippen LogP contribution is -2.49. The van der Waals surface area contributed by atoms with Gasteiger partial charge in [0.1, 0.15) is 6.61 Å². The Morgan fingerprint density at radius 1 is 1.06 bits per heavy atom. The van der Waals surface area contributed by atoms with Crippen LogP contribution < -0.4 is 10.6 Å². The summed E-state index contributed by atoms with van der Waals surface area (Å²) in [4.78, 5) is 30.9. The van der Waals surface area contributed by atoms with Crippen molar-refractivity contribution in [2.45, 2.75) is 5.92 Å². The number of carbonyl (C=O) groups excluding carboxylic acids is 1. The molecule has 1 fully saturated rings. The molecular weight excluding hydrogens is 422 g/mol. The fourth-order valence-corrected chi connectivity index (χ4v) is 4.60. The van der Waals surface area contributed by atoms with Gasteiger partial charge in [0.15, 0.2) is 0 Å². The number of carbonyl (C=O) groups is 1. The molecule has 0 unspecified atom stereocenters. The van der Waals surface area contributed by atoms with Crippen LogP contribution in [0, 0.1) is 10.1 Å². The van der Waals surface area contributed by atoms with Crippen molar-refractivity contribution < 1.29 is 14.5 Å². The third kappa shape index (κ3) is 3.82. The van der Waals surface area contributed by atoms with Crippen molar-refractivity contribution in [3.63, 3.8) is 0 Å². The fourth-order valence-electron chi connectivity index (χ4n) is 4.60. The van der Waals surface area contributed by atoms with Gasteiger partial charge in [-0.05, 0) is 22.3 Å². The number of hydrogen-bond acceptors (Lipinski definition) is 7. The van der Waals surface area contributed by atoms with Gasteiger partial charge in [0.25, 0.3) is 0 Å². The zero-order chi connectivity index (χ0) is 22.9. The molecule has 2 aliphatic rings. The number of anilines is 2. The zero-order valence-electron chi connectivity index (χ0n) is 17.9. The first-order valence-electron chi connectivity index (χ1n) is 10.8. The summed E-state index contributed by atoms with van der Waals surface area (Å²) in [6.45, 7) is 2.23. The second kappa shape index (κ2) is 8.42. The number of nitrogen functional groups attached to an aromatic ring is 1. The van der Waals surface area contributed by atoms with Crippen molar-refractivity contribution in [1.29, 1.82) is 0 Å². The second-order valence-electron chi connectivity index (χ2n) is 8.13. The molecule has 0 saturated carbocycles.